The molecule has 0 saturated carbocycles. The van der Waals surface area contributed by atoms with Crippen molar-refractivity contribution in [2.24, 2.45) is 0 Å². The molecule has 1 aliphatic rings. The summed E-state index contributed by atoms with van der Waals surface area (Å²) < 4.78 is 5.42. The molecular weight excluding hydrogens is 296 g/mol. The monoisotopic (exact) mass is 310 g/mol. The van der Waals surface area contributed by atoms with E-state index in [1.54, 1.807) is 18.3 Å². The third-order valence-electron chi connectivity index (χ3n) is 3.26. The van der Waals surface area contributed by atoms with Crippen LogP contribution in [0, 0.1) is 0 Å². The molecule has 0 radical (unpaired) electrons. The van der Waals surface area contributed by atoms with Crippen LogP contribution in [0.1, 0.15) is 18.7 Å². The van der Waals surface area contributed by atoms with Crippen LogP contribution in [-0.2, 0) is 0 Å². The van der Waals surface area contributed by atoms with Gasteiger partial charge < -0.3 is 9.84 Å². The van der Waals surface area contributed by atoms with Crippen molar-refractivity contribution in [2.45, 2.75) is 18.9 Å². The van der Waals surface area contributed by atoms with Gasteiger partial charge in [-0.1, -0.05) is 23.7 Å². The summed E-state index contributed by atoms with van der Waals surface area (Å²) in [6.07, 6.45) is 1.58. The number of pyridine rings is 1. The summed E-state index contributed by atoms with van der Waals surface area (Å²) >= 11 is 7.73. The Labute approximate surface area is 126 Å². The summed E-state index contributed by atoms with van der Waals surface area (Å²) in [6.45, 7) is 3.05. The second kappa shape index (κ2) is 6.11. The van der Waals surface area contributed by atoms with Crippen LogP contribution >= 0.6 is 23.4 Å². The molecule has 1 aliphatic heterocycles. The van der Waals surface area contributed by atoms with Crippen molar-refractivity contribution >= 4 is 23.4 Å². The Hall–Kier alpha value is -1.11. The summed E-state index contributed by atoms with van der Waals surface area (Å²) in [6, 6.07) is 3.96. The number of rotatable bonds is 4. The zero-order valence-electron chi connectivity index (χ0n) is 11.0. The van der Waals surface area contributed by atoms with Crippen molar-refractivity contribution in [3.8, 4) is 11.5 Å². The number of nitrogens with one attached hydrogen (secondary N) is 1. The van der Waals surface area contributed by atoms with E-state index < -0.39 is 0 Å². The van der Waals surface area contributed by atoms with Crippen LogP contribution < -0.4 is 5.32 Å². The van der Waals surface area contributed by atoms with Gasteiger partial charge in [0.05, 0.1) is 10.9 Å². The SMILES string of the molecule is CCNC1CSCC1c1nc(-c2ccc(Cl)cn2)no1. The van der Waals surface area contributed by atoms with Gasteiger partial charge in [0.15, 0.2) is 0 Å². The molecule has 1 N–H and O–H groups in total. The molecule has 2 aromatic rings. The van der Waals surface area contributed by atoms with Gasteiger partial charge in [-0.25, -0.2) is 0 Å². The average molecular weight is 311 g/mol. The molecular formula is C13H15ClN4OS. The molecule has 5 nitrogen and oxygen atoms in total. The van der Waals surface area contributed by atoms with Crippen molar-refractivity contribution in [3.05, 3.63) is 29.2 Å². The normalized spacial score (nSPS) is 22.3. The van der Waals surface area contributed by atoms with E-state index in [9.17, 15) is 0 Å². The Morgan fingerprint density at radius 3 is 3.10 bits per heavy atom. The van der Waals surface area contributed by atoms with E-state index in [2.05, 4.69) is 27.4 Å². The first kappa shape index (κ1) is 13.9. The molecule has 2 unspecified atom stereocenters. The van der Waals surface area contributed by atoms with E-state index >= 15 is 0 Å². The molecule has 3 rings (SSSR count). The molecule has 106 valence electrons. The van der Waals surface area contributed by atoms with E-state index in [1.807, 2.05) is 11.8 Å². The third kappa shape index (κ3) is 2.82. The predicted molar refractivity (Wildman–Crippen MR) is 80.1 cm³/mol. The van der Waals surface area contributed by atoms with Gasteiger partial charge in [-0.15, -0.1) is 0 Å². The molecule has 7 heteroatoms. The lowest BCUT2D eigenvalue weighted by Crippen LogP contribution is -2.34. The maximum Gasteiger partial charge on any atom is 0.232 e. The van der Waals surface area contributed by atoms with Crippen LogP contribution in [0.15, 0.2) is 22.9 Å². The van der Waals surface area contributed by atoms with E-state index in [-0.39, 0.29) is 5.92 Å². The lowest BCUT2D eigenvalue weighted by Gasteiger charge is -2.15. The minimum atomic E-state index is 0.272. The fourth-order valence-corrected chi connectivity index (χ4v) is 3.74. The smallest absolute Gasteiger partial charge is 0.232 e. The van der Waals surface area contributed by atoms with Crippen LogP contribution in [0.4, 0.5) is 0 Å². The minimum absolute atomic E-state index is 0.272. The Bertz CT molecular complexity index is 574. The molecule has 0 bridgehead atoms. The topological polar surface area (TPSA) is 63.8 Å². The third-order valence-corrected chi connectivity index (χ3v) is 4.68. The van der Waals surface area contributed by atoms with Crippen molar-refractivity contribution in [3.63, 3.8) is 0 Å². The van der Waals surface area contributed by atoms with Gasteiger partial charge in [-0.3, -0.25) is 4.98 Å². The zero-order chi connectivity index (χ0) is 13.9. The fourth-order valence-electron chi connectivity index (χ4n) is 2.26. The van der Waals surface area contributed by atoms with Crippen LogP contribution in [0.3, 0.4) is 0 Å². The largest absolute Gasteiger partial charge is 0.339 e. The first-order valence-corrected chi connectivity index (χ1v) is 8.08. The highest BCUT2D eigenvalue weighted by molar-refractivity contribution is 7.99. The Kier molecular flexibility index (Phi) is 4.24. The quantitative estimate of drug-likeness (QED) is 0.936. The number of halogens is 1. The minimum Gasteiger partial charge on any atom is -0.339 e. The van der Waals surface area contributed by atoms with Crippen LogP contribution in [0.25, 0.3) is 11.5 Å². The highest BCUT2D eigenvalue weighted by Gasteiger charge is 2.33. The molecule has 1 saturated heterocycles. The van der Waals surface area contributed by atoms with E-state index in [0.717, 1.165) is 18.1 Å². The van der Waals surface area contributed by atoms with Crippen molar-refractivity contribution in [1.29, 1.82) is 0 Å². The van der Waals surface area contributed by atoms with E-state index in [0.29, 0.717) is 28.5 Å². The van der Waals surface area contributed by atoms with Gasteiger partial charge in [-0.2, -0.15) is 16.7 Å². The van der Waals surface area contributed by atoms with Gasteiger partial charge in [0.1, 0.15) is 5.69 Å². The lowest BCUT2D eigenvalue weighted by atomic mass is 10.0. The maximum absolute atomic E-state index is 5.82. The lowest BCUT2D eigenvalue weighted by molar-refractivity contribution is 0.340. The van der Waals surface area contributed by atoms with Gasteiger partial charge in [0, 0.05) is 23.7 Å². The molecule has 3 heterocycles. The van der Waals surface area contributed by atoms with Crippen molar-refractivity contribution in [2.75, 3.05) is 18.1 Å². The molecule has 2 aromatic heterocycles. The number of nitrogens with zero attached hydrogens (tertiary/aromatic N) is 3. The number of likely N-dealkylation sites (N-methyl/N-ethyl adjacent to an activating group) is 1. The second-order valence-corrected chi connectivity index (χ2v) is 6.14. The van der Waals surface area contributed by atoms with Gasteiger partial charge in [-0.05, 0) is 18.7 Å². The average Bonchev–Trinajstić information content (AvgIpc) is 3.08. The Morgan fingerprint density at radius 2 is 2.35 bits per heavy atom. The molecule has 20 heavy (non-hydrogen) atoms. The molecule has 0 amide bonds. The zero-order valence-corrected chi connectivity index (χ0v) is 12.6. The van der Waals surface area contributed by atoms with Crippen LogP contribution in [0.5, 0.6) is 0 Å². The molecule has 0 aromatic carbocycles. The van der Waals surface area contributed by atoms with Gasteiger partial charge in [0.25, 0.3) is 0 Å². The van der Waals surface area contributed by atoms with Crippen molar-refractivity contribution < 1.29 is 4.52 Å². The second-order valence-electron chi connectivity index (χ2n) is 4.63. The first-order valence-electron chi connectivity index (χ1n) is 6.54. The molecule has 2 atom stereocenters. The maximum atomic E-state index is 5.82. The summed E-state index contributed by atoms with van der Waals surface area (Å²) in [7, 11) is 0. The van der Waals surface area contributed by atoms with Gasteiger partial charge >= 0.3 is 0 Å². The predicted octanol–water partition coefficient (Wildman–Crippen LogP) is 2.59. The fraction of sp³-hybridized carbons (Fsp3) is 0.462. The molecule has 0 spiro atoms. The molecule has 0 aliphatic carbocycles. The number of hydrogen-bond acceptors (Lipinski definition) is 6. The van der Waals surface area contributed by atoms with Crippen LogP contribution in [0.2, 0.25) is 5.02 Å². The first-order chi connectivity index (χ1) is 9.78. The molecule has 1 fully saturated rings. The number of aromatic nitrogens is 3. The summed E-state index contributed by atoms with van der Waals surface area (Å²) in [5.74, 6) is 3.56. The number of thioether (sulfide) groups is 1. The standard InChI is InChI=1S/C13H15ClN4OS/c1-2-15-11-7-20-6-9(11)13-17-12(18-19-13)10-4-3-8(14)5-16-10/h3-5,9,11,15H,2,6-7H2,1H3. The van der Waals surface area contributed by atoms with Crippen molar-refractivity contribution in [1.82, 2.24) is 20.4 Å². The number of hydrogen-bond donors (Lipinski definition) is 1. The van der Waals surface area contributed by atoms with Crippen LogP contribution in [-0.4, -0.2) is 39.2 Å². The highest BCUT2D eigenvalue weighted by atomic mass is 35.5. The Balaban J connectivity index is 1.81. The van der Waals surface area contributed by atoms with Gasteiger partial charge in [0.2, 0.25) is 11.7 Å². The Morgan fingerprint density at radius 1 is 1.45 bits per heavy atom. The highest BCUT2D eigenvalue weighted by Crippen LogP contribution is 2.32. The summed E-state index contributed by atoms with van der Waals surface area (Å²) in [5, 5.41) is 8.09. The van der Waals surface area contributed by atoms with E-state index in [1.165, 1.54) is 0 Å². The van der Waals surface area contributed by atoms with E-state index in [4.69, 9.17) is 16.1 Å². The summed E-state index contributed by atoms with van der Waals surface area (Å²) in [5.41, 5.74) is 0.676. The summed E-state index contributed by atoms with van der Waals surface area (Å²) in [4.78, 5) is 8.69.